The normalized spacial score (nSPS) is 22.8. The van der Waals surface area contributed by atoms with E-state index in [-0.39, 0.29) is 5.91 Å². The number of carbonyl (C=O) groups is 3. The highest BCUT2D eigenvalue weighted by Gasteiger charge is 2.34. The van der Waals surface area contributed by atoms with Gasteiger partial charge in [-0.05, 0) is 57.0 Å². The Hall–Kier alpha value is -3.13. The van der Waals surface area contributed by atoms with Crippen LogP contribution in [0, 0.1) is 11.8 Å². The Morgan fingerprint density at radius 1 is 1.07 bits per heavy atom. The summed E-state index contributed by atoms with van der Waals surface area (Å²) in [5.74, 6) is -3.58. The average molecular weight is 411 g/mol. The number of allylic oxidation sites excluding steroid dienone is 2. The number of rotatable bonds is 6. The van der Waals surface area contributed by atoms with E-state index in [1.54, 1.807) is 30.5 Å². The van der Waals surface area contributed by atoms with E-state index in [0.29, 0.717) is 24.1 Å². The van der Waals surface area contributed by atoms with Crippen LogP contribution >= 0.6 is 0 Å². The highest BCUT2D eigenvalue weighted by Crippen LogP contribution is 2.33. The zero-order valence-corrected chi connectivity index (χ0v) is 16.5. The molecule has 1 aromatic heterocycles. The number of carbonyl (C=O) groups excluding carboxylic acids is 1. The predicted molar refractivity (Wildman–Crippen MR) is 111 cm³/mol. The Balaban J connectivity index is 1.61. The summed E-state index contributed by atoms with van der Waals surface area (Å²) in [5.41, 5.74) is 1.98. The number of carboxylic acids is 2. The van der Waals surface area contributed by atoms with Gasteiger partial charge in [0.25, 0.3) is 0 Å². The maximum absolute atomic E-state index is 12.8. The fourth-order valence-corrected chi connectivity index (χ4v) is 4.54. The lowest BCUT2D eigenvalue weighted by atomic mass is 9.82. The van der Waals surface area contributed by atoms with Crippen LogP contribution in [-0.4, -0.2) is 51.0 Å². The first-order valence-electron chi connectivity index (χ1n) is 10.2. The summed E-state index contributed by atoms with van der Waals surface area (Å²) in [7, 11) is 0. The van der Waals surface area contributed by atoms with Crippen LogP contribution in [0.25, 0.3) is 10.9 Å². The van der Waals surface area contributed by atoms with Crippen molar-refractivity contribution in [2.75, 3.05) is 18.4 Å². The maximum Gasteiger partial charge on any atom is 0.325 e. The van der Waals surface area contributed by atoms with Crippen LogP contribution < -0.4 is 5.32 Å². The number of benzene rings is 1. The van der Waals surface area contributed by atoms with Crippen molar-refractivity contribution in [1.82, 2.24) is 9.88 Å². The second kappa shape index (κ2) is 8.31. The molecule has 3 atom stereocenters. The minimum Gasteiger partial charge on any atom is -0.481 e. The molecule has 1 aliphatic carbocycles. The van der Waals surface area contributed by atoms with E-state index in [9.17, 15) is 24.6 Å². The minimum absolute atomic E-state index is 0.336. The van der Waals surface area contributed by atoms with Crippen LogP contribution in [0.2, 0.25) is 0 Å². The molecule has 2 heterocycles. The topological polar surface area (TPSA) is 123 Å². The summed E-state index contributed by atoms with van der Waals surface area (Å²) >= 11 is 0. The maximum atomic E-state index is 12.8. The fraction of sp³-hybridized carbons (Fsp3) is 0.409. The van der Waals surface area contributed by atoms with Crippen molar-refractivity contribution in [3.63, 3.8) is 0 Å². The van der Waals surface area contributed by atoms with Gasteiger partial charge in [0.2, 0.25) is 5.91 Å². The number of aromatic nitrogens is 1. The van der Waals surface area contributed by atoms with E-state index < -0.39 is 29.8 Å². The van der Waals surface area contributed by atoms with Gasteiger partial charge in [-0.1, -0.05) is 12.2 Å². The van der Waals surface area contributed by atoms with Crippen molar-refractivity contribution in [3.8, 4) is 0 Å². The molecule has 8 nitrogen and oxygen atoms in total. The Bertz CT molecular complexity index is 1010. The number of anilines is 1. The summed E-state index contributed by atoms with van der Waals surface area (Å²) in [6.07, 6.45) is 8.04. The highest BCUT2D eigenvalue weighted by molar-refractivity contribution is 5.98. The largest absolute Gasteiger partial charge is 0.481 e. The standard InChI is InChI=1S/C22H25N3O5/c26-20(14-5-1-2-6-15(14)21(27)28)24-13-7-8-18-16(11-13)17(12-23-18)19(22(29)30)25-9-3-4-10-25/h1-2,7-8,11-12,14-15,19,23H,3-6,9-10H2,(H,24,26)(H,27,28)(H,29,30)/t14-,15-,19-/m1/s1. The molecule has 0 spiro atoms. The average Bonchev–Trinajstić information content (AvgIpc) is 3.39. The second-order valence-corrected chi connectivity index (χ2v) is 7.97. The summed E-state index contributed by atoms with van der Waals surface area (Å²) in [6, 6.07) is 4.56. The molecular formula is C22H25N3O5. The molecule has 158 valence electrons. The van der Waals surface area contributed by atoms with Gasteiger partial charge in [-0.15, -0.1) is 0 Å². The Morgan fingerprint density at radius 2 is 1.77 bits per heavy atom. The summed E-state index contributed by atoms with van der Waals surface area (Å²) < 4.78 is 0. The van der Waals surface area contributed by atoms with E-state index in [1.807, 2.05) is 11.0 Å². The minimum atomic E-state index is -0.974. The van der Waals surface area contributed by atoms with Crippen molar-refractivity contribution < 1.29 is 24.6 Å². The van der Waals surface area contributed by atoms with E-state index in [1.165, 1.54) is 0 Å². The van der Waals surface area contributed by atoms with Crippen LogP contribution in [0.5, 0.6) is 0 Å². The third-order valence-corrected chi connectivity index (χ3v) is 6.10. The van der Waals surface area contributed by atoms with Crippen molar-refractivity contribution in [2.24, 2.45) is 11.8 Å². The second-order valence-electron chi connectivity index (χ2n) is 7.97. The fourth-order valence-electron chi connectivity index (χ4n) is 4.54. The molecule has 0 bridgehead atoms. The number of H-pyrrole nitrogens is 1. The van der Waals surface area contributed by atoms with Crippen molar-refractivity contribution in [2.45, 2.75) is 31.7 Å². The number of aromatic amines is 1. The molecular weight excluding hydrogens is 386 g/mol. The van der Waals surface area contributed by atoms with Crippen LogP contribution in [-0.2, 0) is 14.4 Å². The van der Waals surface area contributed by atoms with Gasteiger partial charge < -0.3 is 20.5 Å². The first kappa shape index (κ1) is 20.2. The molecule has 0 radical (unpaired) electrons. The SMILES string of the molecule is O=C(O)[C@@H]1CC=CC[C@H]1C(=O)Nc1ccc2[nH]cc([C@H](C(=O)O)N3CCCC3)c2c1. The van der Waals surface area contributed by atoms with E-state index in [0.717, 1.165) is 36.8 Å². The number of aliphatic carboxylic acids is 2. The number of hydrogen-bond donors (Lipinski definition) is 4. The van der Waals surface area contributed by atoms with Crippen LogP contribution in [0.1, 0.15) is 37.3 Å². The summed E-state index contributed by atoms with van der Waals surface area (Å²) in [5, 5.41) is 22.8. The lowest BCUT2D eigenvalue weighted by Crippen LogP contribution is -2.34. The van der Waals surface area contributed by atoms with Gasteiger partial charge in [0.1, 0.15) is 6.04 Å². The van der Waals surface area contributed by atoms with Crippen molar-refractivity contribution >= 4 is 34.4 Å². The number of fused-ring (bicyclic) bond motifs is 1. The monoisotopic (exact) mass is 411 g/mol. The Kier molecular flexibility index (Phi) is 5.59. The molecule has 2 aromatic rings. The lowest BCUT2D eigenvalue weighted by molar-refractivity contribution is -0.146. The summed E-state index contributed by atoms with van der Waals surface area (Å²) in [6.45, 7) is 1.48. The van der Waals surface area contributed by atoms with Crippen LogP contribution in [0.3, 0.4) is 0 Å². The first-order chi connectivity index (χ1) is 14.5. The van der Waals surface area contributed by atoms with Crippen LogP contribution in [0.4, 0.5) is 5.69 Å². The smallest absolute Gasteiger partial charge is 0.325 e. The number of likely N-dealkylation sites (tertiary alicyclic amines) is 1. The van der Waals surface area contributed by atoms with Crippen molar-refractivity contribution in [3.05, 3.63) is 42.1 Å². The molecule has 1 fully saturated rings. The number of hydrogen-bond acceptors (Lipinski definition) is 4. The quantitative estimate of drug-likeness (QED) is 0.542. The molecule has 1 aliphatic heterocycles. The molecule has 8 heteroatoms. The van der Waals surface area contributed by atoms with Gasteiger partial charge in [0.15, 0.2) is 0 Å². The van der Waals surface area contributed by atoms with Gasteiger partial charge >= 0.3 is 11.9 Å². The third kappa shape index (κ3) is 3.82. The Morgan fingerprint density at radius 3 is 2.43 bits per heavy atom. The first-order valence-corrected chi connectivity index (χ1v) is 10.2. The number of nitrogens with zero attached hydrogens (tertiary/aromatic N) is 1. The third-order valence-electron chi connectivity index (χ3n) is 6.10. The molecule has 4 rings (SSSR count). The molecule has 1 saturated heterocycles. The summed E-state index contributed by atoms with van der Waals surface area (Å²) in [4.78, 5) is 41.4. The van der Waals surface area contributed by atoms with Gasteiger partial charge in [-0.2, -0.15) is 0 Å². The Labute approximate surface area is 173 Å². The van der Waals surface area contributed by atoms with Crippen LogP contribution in [0.15, 0.2) is 36.5 Å². The zero-order valence-electron chi connectivity index (χ0n) is 16.5. The zero-order chi connectivity index (χ0) is 21.3. The van der Waals surface area contributed by atoms with E-state index >= 15 is 0 Å². The molecule has 1 amide bonds. The predicted octanol–water partition coefficient (Wildman–Crippen LogP) is 2.99. The highest BCUT2D eigenvalue weighted by atomic mass is 16.4. The molecule has 2 aliphatic rings. The molecule has 0 unspecified atom stereocenters. The van der Waals surface area contributed by atoms with E-state index in [4.69, 9.17) is 0 Å². The number of carboxylic acid groups (broad SMARTS) is 2. The molecule has 4 N–H and O–H groups in total. The van der Waals surface area contributed by atoms with E-state index in [2.05, 4.69) is 10.3 Å². The van der Waals surface area contributed by atoms with Crippen molar-refractivity contribution in [1.29, 1.82) is 0 Å². The number of nitrogens with one attached hydrogen (secondary N) is 2. The van der Waals surface area contributed by atoms with Gasteiger partial charge in [-0.25, -0.2) is 0 Å². The lowest BCUT2D eigenvalue weighted by Gasteiger charge is -2.24. The molecule has 1 aromatic carbocycles. The van der Waals surface area contributed by atoms with Gasteiger partial charge in [0, 0.05) is 28.4 Å². The molecule has 0 saturated carbocycles. The van der Waals surface area contributed by atoms with Gasteiger partial charge in [-0.3, -0.25) is 19.3 Å². The molecule has 30 heavy (non-hydrogen) atoms. The van der Waals surface area contributed by atoms with Gasteiger partial charge in [0.05, 0.1) is 11.8 Å². The number of amides is 1.